The fraction of sp³-hybridized carbons (Fsp3) is 0.600. The van der Waals surface area contributed by atoms with Crippen molar-refractivity contribution in [3.05, 3.63) is 35.6 Å². The molecule has 0 aromatic heterocycles. The SMILES string of the molecule is C=C(NCC(C)C)C(/C=C\CC)=C(/C)CC. The Morgan fingerprint density at radius 3 is 2.38 bits per heavy atom. The first-order chi connectivity index (χ1) is 7.52. The Labute approximate surface area is 101 Å². The lowest BCUT2D eigenvalue weighted by molar-refractivity contribution is 0.600. The Kier molecular flexibility index (Phi) is 7.70. The van der Waals surface area contributed by atoms with Crippen molar-refractivity contribution >= 4 is 0 Å². The molecule has 1 nitrogen and oxygen atoms in total. The van der Waals surface area contributed by atoms with Gasteiger partial charge < -0.3 is 5.32 Å². The Morgan fingerprint density at radius 2 is 1.94 bits per heavy atom. The standard InChI is InChI=1S/C15H27N/c1-7-9-10-15(13(5)8-2)14(6)16-11-12(3)4/h9-10,12,16H,6-8,11H2,1-5H3/b10-9-,15-13-. The van der Waals surface area contributed by atoms with Crippen LogP contribution in [-0.2, 0) is 0 Å². The number of allylic oxidation sites excluding steroid dienone is 3. The minimum absolute atomic E-state index is 0.648. The van der Waals surface area contributed by atoms with Gasteiger partial charge in [0.15, 0.2) is 0 Å². The molecule has 1 heteroatoms. The van der Waals surface area contributed by atoms with E-state index < -0.39 is 0 Å². The summed E-state index contributed by atoms with van der Waals surface area (Å²) >= 11 is 0. The zero-order valence-electron chi connectivity index (χ0n) is 11.6. The summed E-state index contributed by atoms with van der Waals surface area (Å²) in [6.45, 7) is 16.0. The van der Waals surface area contributed by atoms with Gasteiger partial charge in [0.25, 0.3) is 0 Å². The van der Waals surface area contributed by atoms with Crippen LogP contribution in [0.2, 0.25) is 0 Å². The smallest absolute Gasteiger partial charge is 0.0340 e. The molecule has 0 heterocycles. The quantitative estimate of drug-likeness (QED) is 0.627. The van der Waals surface area contributed by atoms with Crippen molar-refractivity contribution in [1.82, 2.24) is 5.32 Å². The molecule has 0 fully saturated rings. The number of hydrogen-bond acceptors (Lipinski definition) is 1. The van der Waals surface area contributed by atoms with Gasteiger partial charge in [-0.2, -0.15) is 0 Å². The summed E-state index contributed by atoms with van der Waals surface area (Å²) in [5, 5.41) is 3.40. The van der Waals surface area contributed by atoms with E-state index in [1.165, 1.54) is 11.1 Å². The molecule has 0 bridgehead atoms. The molecule has 0 saturated heterocycles. The summed E-state index contributed by atoms with van der Waals surface area (Å²) in [5.74, 6) is 0.648. The fourth-order valence-electron chi connectivity index (χ4n) is 1.35. The summed E-state index contributed by atoms with van der Waals surface area (Å²) in [6.07, 6.45) is 6.52. The zero-order valence-corrected chi connectivity index (χ0v) is 11.6. The Bertz CT molecular complexity index is 269. The Hall–Kier alpha value is -0.980. The van der Waals surface area contributed by atoms with E-state index in [1.807, 2.05) is 0 Å². The largest absolute Gasteiger partial charge is 0.385 e. The molecule has 0 unspecified atom stereocenters. The van der Waals surface area contributed by atoms with Gasteiger partial charge in [0.1, 0.15) is 0 Å². The minimum Gasteiger partial charge on any atom is -0.385 e. The molecule has 0 aliphatic rings. The topological polar surface area (TPSA) is 12.0 Å². The number of nitrogens with one attached hydrogen (secondary N) is 1. The lowest BCUT2D eigenvalue weighted by Gasteiger charge is -2.15. The third-order valence-electron chi connectivity index (χ3n) is 2.56. The van der Waals surface area contributed by atoms with Gasteiger partial charge in [0.2, 0.25) is 0 Å². The Morgan fingerprint density at radius 1 is 1.31 bits per heavy atom. The predicted molar refractivity (Wildman–Crippen MR) is 74.4 cm³/mol. The summed E-state index contributed by atoms with van der Waals surface area (Å²) in [4.78, 5) is 0. The molecule has 0 aliphatic heterocycles. The van der Waals surface area contributed by atoms with Crippen LogP contribution in [0, 0.1) is 5.92 Å². The van der Waals surface area contributed by atoms with E-state index in [-0.39, 0.29) is 0 Å². The van der Waals surface area contributed by atoms with Gasteiger partial charge in [-0.15, -0.1) is 0 Å². The first kappa shape index (κ1) is 15.0. The van der Waals surface area contributed by atoms with Crippen LogP contribution in [0.25, 0.3) is 0 Å². The predicted octanol–water partition coefficient (Wildman–Crippen LogP) is 4.44. The molecule has 0 aromatic carbocycles. The van der Waals surface area contributed by atoms with Gasteiger partial charge in [-0.25, -0.2) is 0 Å². The second-order valence-corrected chi connectivity index (χ2v) is 4.61. The zero-order chi connectivity index (χ0) is 12.6. The Balaban J connectivity index is 4.65. The highest BCUT2D eigenvalue weighted by Crippen LogP contribution is 2.16. The van der Waals surface area contributed by atoms with Crippen molar-refractivity contribution in [2.75, 3.05) is 6.54 Å². The highest BCUT2D eigenvalue weighted by atomic mass is 14.9. The fourth-order valence-corrected chi connectivity index (χ4v) is 1.35. The van der Waals surface area contributed by atoms with Crippen molar-refractivity contribution in [1.29, 1.82) is 0 Å². The van der Waals surface area contributed by atoms with Crippen LogP contribution in [0.15, 0.2) is 35.6 Å². The van der Waals surface area contributed by atoms with Crippen LogP contribution in [0.3, 0.4) is 0 Å². The maximum atomic E-state index is 4.13. The number of hydrogen-bond donors (Lipinski definition) is 1. The summed E-state index contributed by atoms with van der Waals surface area (Å²) in [5.41, 5.74) is 3.72. The van der Waals surface area contributed by atoms with E-state index in [1.54, 1.807) is 0 Å². The highest BCUT2D eigenvalue weighted by Gasteiger charge is 2.03. The molecule has 0 aromatic rings. The molecular formula is C15H27N. The molecule has 0 spiro atoms. The van der Waals surface area contributed by atoms with E-state index in [9.17, 15) is 0 Å². The summed E-state index contributed by atoms with van der Waals surface area (Å²) in [6, 6.07) is 0. The molecule has 0 amide bonds. The third kappa shape index (κ3) is 5.79. The average molecular weight is 221 g/mol. The van der Waals surface area contributed by atoms with Gasteiger partial charge in [-0.1, -0.05) is 52.0 Å². The van der Waals surface area contributed by atoms with Crippen LogP contribution in [0.4, 0.5) is 0 Å². The van der Waals surface area contributed by atoms with Gasteiger partial charge in [0.05, 0.1) is 0 Å². The van der Waals surface area contributed by atoms with Gasteiger partial charge >= 0.3 is 0 Å². The second kappa shape index (κ2) is 8.20. The number of rotatable bonds is 7. The lowest BCUT2D eigenvalue weighted by atomic mass is 10.0. The summed E-state index contributed by atoms with van der Waals surface area (Å²) < 4.78 is 0. The van der Waals surface area contributed by atoms with Crippen LogP contribution in [0.1, 0.15) is 47.5 Å². The first-order valence-corrected chi connectivity index (χ1v) is 6.32. The van der Waals surface area contributed by atoms with Gasteiger partial charge in [-0.3, -0.25) is 0 Å². The molecule has 0 atom stereocenters. The van der Waals surface area contributed by atoms with Crippen LogP contribution < -0.4 is 5.32 Å². The maximum Gasteiger partial charge on any atom is 0.0340 e. The van der Waals surface area contributed by atoms with Gasteiger partial charge in [-0.05, 0) is 31.3 Å². The molecule has 0 rings (SSSR count). The third-order valence-corrected chi connectivity index (χ3v) is 2.56. The van der Waals surface area contributed by atoms with Crippen molar-refractivity contribution in [3.63, 3.8) is 0 Å². The van der Waals surface area contributed by atoms with E-state index in [0.717, 1.165) is 25.1 Å². The van der Waals surface area contributed by atoms with E-state index >= 15 is 0 Å². The maximum absolute atomic E-state index is 4.13. The molecule has 0 aliphatic carbocycles. The van der Waals surface area contributed by atoms with Crippen molar-refractivity contribution < 1.29 is 0 Å². The summed E-state index contributed by atoms with van der Waals surface area (Å²) in [7, 11) is 0. The van der Waals surface area contributed by atoms with Crippen molar-refractivity contribution in [3.8, 4) is 0 Å². The van der Waals surface area contributed by atoms with E-state index in [4.69, 9.17) is 0 Å². The molecular weight excluding hydrogens is 194 g/mol. The van der Waals surface area contributed by atoms with Crippen LogP contribution in [0.5, 0.6) is 0 Å². The van der Waals surface area contributed by atoms with Crippen molar-refractivity contribution in [2.24, 2.45) is 5.92 Å². The van der Waals surface area contributed by atoms with E-state index in [0.29, 0.717) is 5.92 Å². The highest BCUT2D eigenvalue weighted by molar-refractivity contribution is 5.40. The minimum atomic E-state index is 0.648. The van der Waals surface area contributed by atoms with Crippen LogP contribution >= 0.6 is 0 Å². The monoisotopic (exact) mass is 221 g/mol. The molecule has 0 radical (unpaired) electrons. The lowest BCUT2D eigenvalue weighted by Crippen LogP contribution is -2.19. The molecule has 92 valence electrons. The van der Waals surface area contributed by atoms with E-state index in [2.05, 4.69) is 58.7 Å². The first-order valence-electron chi connectivity index (χ1n) is 6.32. The molecule has 1 N–H and O–H groups in total. The second-order valence-electron chi connectivity index (χ2n) is 4.61. The van der Waals surface area contributed by atoms with Gasteiger partial charge in [0, 0.05) is 12.2 Å². The van der Waals surface area contributed by atoms with Crippen LogP contribution in [-0.4, -0.2) is 6.54 Å². The molecule has 16 heavy (non-hydrogen) atoms. The average Bonchev–Trinajstić information content (AvgIpc) is 2.26. The molecule has 0 saturated carbocycles. The van der Waals surface area contributed by atoms with Crippen molar-refractivity contribution in [2.45, 2.75) is 47.5 Å². The normalized spacial score (nSPS) is 13.1.